The number of halogens is 1. The van der Waals surface area contributed by atoms with Crippen LogP contribution in [0.15, 0.2) is 53.0 Å². The Labute approximate surface area is 133 Å². The van der Waals surface area contributed by atoms with Gasteiger partial charge < -0.3 is 9.84 Å². The summed E-state index contributed by atoms with van der Waals surface area (Å²) in [4.78, 5) is 0. The molecule has 3 rings (SSSR count). The van der Waals surface area contributed by atoms with E-state index < -0.39 is 0 Å². The van der Waals surface area contributed by atoms with Crippen LogP contribution in [-0.2, 0) is 6.42 Å². The molecule has 2 aromatic carbocycles. The average Bonchev–Trinajstić information content (AvgIpc) is 2.92. The van der Waals surface area contributed by atoms with Crippen molar-refractivity contribution < 1.29 is 9.84 Å². The van der Waals surface area contributed by atoms with Crippen LogP contribution in [0, 0.1) is 5.92 Å². The van der Waals surface area contributed by atoms with Crippen molar-refractivity contribution in [3.63, 3.8) is 0 Å². The molecule has 0 aromatic heterocycles. The van der Waals surface area contributed by atoms with Gasteiger partial charge in [0, 0.05) is 22.6 Å². The van der Waals surface area contributed by atoms with Crippen molar-refractivity contribution in [2.75, 3.05) is 13.2 Å². The predicted molar refractivity (Wildman–Crippen MR) is 87.7 cm³/mol. The van der Waals surface area contributed by atoms with E-state index in [2.05, 4.69) is 40.2 Å². The van der Waals surface area contributed by atoms with Gasteiger partial charge in [-0.2, -0.15) is 0 Å². The molecule has 0 saturated carbocycles. The van der Waals surface area contributed by atoms with Gasteiger partial charge >= 0.3 is 0 Å². The second-order valence-corrected chi connectivity index (χ2v) is 6.48. The van der Waals surface area contributed by atoms with Crippen LogP contribution in [0.5, 0.6) is 5.75 Å². The number of ether oxygens (including phenoxy) is 1. The van der Waals surface area contributed by atoms with E-state index in [9.17, 15) is 5.11 Å². The lowest BCUT2D eigenvalue weighted by atomic mass is 9.87. The Morgan fingerprint density at radius 2 is 1.90 bits per heavy atom. The Hall–Kier alpha value is -1.32. The van der Waals surface area contributed by atoms with E-state index in [1.807, 2.05) is 24.3 Å². The summed E-state index contributed by atoms with van der Waals surface area (Å²) in [5, 5.41) is 9.73. The van der Waals surface area contributed by atoms with E-state index >= 15 is 0 Å². The smallest absolute Gasteiger partial charge is 0.122 e. The standard InChI is InChI=1S/C18H19BrO2/c19-17-7-3-1-5-14(17)9-13(11-20)10-15-12-21-18-8-4-2-6-16(15)18/h1-8,13,15,20H,9-12H2. The van der Waals surface area contributed by atoms with Gasteiger partial charge in [-0.1, -0.05) is 52.3 Å². The molecule has 1 aliphatic heterocycles. The summed E-state index contributed by atoms with van der Waals surface area (Å²) in [6.45, 7) is 0.936. The molecule has 0 spiro atoms. The van der Waals surface area contributed by atoms with E-state index in [1.54, 1.807) is 0 Å². The number of benzene rings is 2. The summed E-state index contributed by atoms with van der Waals surface area (Å²) in [7, 11) is 0. The van der Waals surface area contributed by atoms with Crippen LogP contribution >= 0.6 is 15.9 Å². The van der Waals surface area contributed by atoms with Gasteiger partial charge in [0.1, 0.15) is 5.75 Å². The maximum Gasteiger partial charge on any atom is 0.122 e. The monoisotopic (exact) mass is 346 g/mol. The Kier molecular flexibility index (Phi) is 4.61. The topological polar surface area (TPSA) is 29.5 Å². The lowest BCUT2D eigenvalue weighted by Crippen LogP contribution is -2.15. The number of hydrogen-bond donors (Lipinski definition) is 1. The summed E-state index contributed by atoms with van der Waals surface area (Å²) in [6.07, 6.45) is 1.84. The second-order valence-electron chi connectivity index (χ2n) is 5.63. The quantitative estimate of drug-likeness (QED) is 0.880. The van der Waals surface area contributed by atoms with Crippen molar-refractivity contribution in [2.24, 2.45) is 5.92 Å². The molecule has 0 radical (unpaired) electrons. The summed E-state index contributed by atoms with van der Waals surface area (Å²) in [5.41, 5.74) is 2.53. The minimum atomic E-state index is 0.208. The molecule has 1 heterocycles. The van der Waals surface area contributed by atoms with E-state index in [4.69, 9.17) is 4.74 Å². The summed E-state index contributed by atoms with van der Waals surface area (Å²) in [6, 6.07) is 16.5. The molecule has 0 bridgehead atoms. The SMILES string of the molecule is OCC(Cc1ccccc1Br)CC1COc2ccccc21. The number of fused-ring (bicyclic) bond motifs is 1. The van der Waals surface area contributed by atoms with Gasteiger partial charge in [-0.15, -0.1) is 0 Å². The van der Waals surface area contributed by atoms with Gasteiger partial charge in [0.15, 0.2) is 0 Å². The Bertz CT molecular complexity index is 612. The molecule has 2 atom stereocenters. The third kappa shape index (κ3) is 3.30. The number of para-hydroxylation sites is 1. The largest absolute Gasteiger partial charge is 0.493 e. The van der Waals surface area contributed by atoms with Gasteiger partial charge in [-0.3, -0.25) is 0 Å². The molecule has 2 aromatic rings. The zero-order chi connectivity index (χ0) is 14.7. The van der Waals surface area contributed by atoms with E-state index in [-0.39, 0.29) is 12.5 Å². The summed E-state index contributed by atoms with van der Waals surface area (Å²) in [5.74, 6) is 1.64. The number of rotatable bonds is 5. The normalized spacial score (nSPS) is 18.1. The van der Waals surface area contributed by atoms with Crippen molar-refractivity contribution in [3.8, 4) is 5.75 Å². The second kappa shape index (κ2) is 6.63. The van der Waals surface area contributed by atoms with Gasteiger partial charge in [0.2, 0.25) is 0 Å². The molecule has 3 heteroatoms. The zero-order valence-electron chi connectivity index (χ0n) is 11.8. The summed E-state index contributed by atoms with van der Waals surface area (Å²) < 4.78 is 6.86. The third-order valence-electron chi connectivity index (χ3n) is 4.14. The Morgan fingerprint density at radius 1 is 1.14 bits per heavy atom. The van der Waals surface area contributed by atoms with Crippen molar-refractivity contribution in [1.29, 1.82) is 0 Å². The molecule has 0 amide bonds. The predicted octanol–water partition coefficient (Wildman–Crippen LogP) is 4.17. The van der Waals surface area contributed by atoms with Crippen LogP contribution in [-0.4, -0.2) is 18.3 Å². The highest BCUT2D eigenvalue weighted by Gasteiger charge is 2.26. The first-order valence-corrected chi connectivity index (χ1v) is 8.13. The van der Waals surface area contributed by atoms with Gasteiger partial charge in [0.05, 0.1) is 6.61 Å². The molecular formula is C18H19BrO2. The molecule has 2 unspecified atom stereocenters. The molecule has 1 aliphatic rings. The average molecular weight is 347 g/mol. The molecule has 0 fully saturated rings. The molecule has 21 heavy (non-hydrogen) atoms. The fourth-order valence-electron chi connectivity index (χ4n) is 3.02. The Morgan fingerprint density at radius 3 is 2.71 bits per heavy atom. The highest BCUT2D eigenvalue weighted by atomic mass is 79.9. The van der Waals surface area contributed by atoms with Crippen molar-refractivity contribution in [1.82, 2.24) is 0 Å². The Balaban J connectivity index is 1.70. The van der Waals surface area contributed by atoms with E-state index in [0.717, 1.165) is 29.7 Å². The van der Waals surface area contributed by atoms with Crippen LogP contribution < -0.4 is 4.74 Å². The number of hydrogen-bond acceptors (Lipinski definition) is 2. The fourth-order valence-corrected chi connectivity index (χ4v) is 3.47. The number of aliphatic hydroxyl groups is 1. The molecule has 1 N–H and O–H groups in total. The molecule has 2 nitrogen and oxygen atoms in total. The first-order valence-electron chi connectivity index (χ1n) is 7.34. The summed E-state index contributed by atoms with van der Waals surface area (Å²) >= 11 is 3.59. The van der Waals surface area contributed by atoms with Crippen molar-refractivity contribution >= 4 is 15.9 Å². The van der Waals surface area contributed by atoms with Crippen LogP contribution in [0.25, 0.3) is 0 Å². The highest BCUT2D eigenvalue weighted by molar-refractivity contribution is 9.10. The maximum atomic E-state index is 9.73. The molecule has 110 valence electrons. The minimum Gasteiger partial charge on any atom is -0.493 e. The minimum absolute atomic E-state index is 0.208. The fraction of sp³-hybridized carbons (Fsp3) is 0.333. The molecule has 0 aliphatic carbocycles. The van der Waals surface area contributed by atoms with Crippen LogP contribution in [0.3, 0.4) is 0 Å². The van der Waals surface area contributed by atoms with Crippen molar-refractivity contribution in [3.05, 3.63) is 64.1 Å². The maximum absolute atomic E-state index is 9.73. The molecule has 0 saturated heterocycles. The highest BCUT2D eigenvalue weighted by Crippen LogP contribution is 2.38. The van der Waals surface area contributed by atoms with Crippen LogP contribution in [0.4, 0.5) is 0 Å². The lowest BCUT2D eigenvalue weighted by molar-refractivity contribution is 0.202. The molecular weight excluding hydrogens is 328 g/mol. The van der Waals surface area contributed by atoms with Crippen molar-refractivity contribution in [2.45, 2.75) is 18.8 Å². The zero-order valence-corrected chi connectivity index (χ0v) is 13.4. The van der Waals surface area contributed by atoms with Gasteiger partial charge in [-0.05, 0) is 36.5 Å². The van der Waals surface area contributed by atoms with E-state index in [0.29, 0.717) is 5.92 Å². The van der Waals surface area contributed by atoms with Crippen LogP contribution in [0.2, 0.25) is 0 Å². The number of aliphatic hydroxyl groups excluding tert-OH is 1. The lowest BCUT2D eigenvalue weighted by Gasteiger charge is -2.18. The van der Waals surface area contributed by atoms with E-state index in [1.165, 1.54) is 11.1 Å². The third-order valence-corrected chi connectivity index (χ3v) is 4.91. The van der Waals surface area contributed by atoms with Gasteiger partial charge in [0.25, 0.3) is 0 Å². The first-order chi connectivity index (χ1) is 10.3. The first kappa shape index (κ1) is 14.6. The van der Waals surface area contributed by atoms with Crippen LogP contribution in [0.1, 0.15) is 23.5 Å². The van der Waals surface area contributed by atoms with Gasteiger partial charge in [-0.25, -0.2) is 0 Å².